The first-order valence-corrected chi connectivity index (χ1v) is 8.35. The highest BCUT2D eigenvalue weighted by Gasteiger charge is 2.26. The number of nitrogens with one attached hydrogen (secondary N) is 1. The molecule has 0 aliphatic heterocycles. The largest absolute Gasteiger partial charge is 0.482 e. The zero-order valence-corrected chi connectivity index (χ0v) is 14.4. The van der Waals surface area contributed by atoms with Gasteiger partial charge in [0, 0.05) is 12.6 Å². The molecular formula is C17H24ClFN2O2. The van der Waals surface area contributed by atoms with Crippen molar-refractivity contribution in [1.29, 1.82) is 0 Å². The third kappa shape index (κ3) is 5.66. The smallest absolute Gasteiger partial charge is 0.258 e. The molecule has 0 radical (unpaired) electrons. The molecule has 128 valence electrons. The predicted octanol–water partition coefficient (Wildman–Crippen LogP) is 3.09. The van der Waals surface area contributed by atoms with Gasteiger partial charge in [-0.15, -0.1) is 0 Å². The normalized spacial score (nSPS) is 21.3. The number of hydrogen-bond acceptors (Lipinski definition) is 3. The Morgan fingerprint density at radius 1 is 1.39 bits per heavy atom. The molecule has 0 saturated heterocycles. The second-order valence-electron chi connectivity index (χ2n) is 6.34. The highest BCUT2D eigenvalue weighted by molar-refractivity contribution is 6.32. The van der Waals surface area contributed by atoms with Gasteiger partial charge in [0.15, 0.2) is 6.61 Å². The van der Waals surface area contributed by atoms with Crippen LogP contribution in [-0.2, 0) is 4.79 Å². The summed E-state index contributed by atoms with van der Waals surface area (Å²) < 4.78 is 18.4. The Kier molecular flexibility index (Phi) is 6.66. The minimum absolute atomic E-state index is 0.115. The van der Waals surface area contributed by atoms with Gasteiger partial charge in [-0.2, -0.15) is 0 Å². The fraction of sp³-hybridized carbons (Fsp3) is 0.588. The third-order valence-electron chi connectivity index (χ3n) is 4.11. The van der Waals surface area contributed by atoms with Crippen molar-refractivity contribution in [3.63, 3.8) is 0 Å². The van der Waals surface area contributed by atoms with E-state index in [4.69, 9.17) is 16.3 Å². The summed E-state index contributed by atoms with van der Waals surface area (Å²) in [6.07, 6.45) is 4.49. The summed E-state index contributed by atoms with van der Waals surface area (Å²) in [7, 11) is 4.10. The monoisotopic (exact) mass is 342 g/mol. The average molecular weight is 343 g/mol. The number of benzene rings is 1. The van der Waals surface area contributed by atoms with Crippen LogP contribution in [0.3, 0.4) is 0 Å². The van der Waals surface area contributed by atoms with Crippen LogP contribution < -0.4 is 10.1 Å². The molecule has 0 heterocycles. The summed E-state index contributed by atoms with van der Waals surface area (Å²) in [4.78, 5) is 14.3. The first-order valence-electron chi connectivity index (χ1n) is 7.97. The van der Waals surface area contributed by atoms with Crippen LogP contribution in [0.5, 0.6) is 5.75 Å². The molecule has 1 N–H and O–H groups in total. The Hall–Kier alpha value is -1.33. The number of amides is 1. The third-order valence-corrected chi connectivity index (χ3v) is 4.40. The lowest BCUT2D eigenvalue weighted by Gasteiger charge is -2.33. The summed E-state index contributed by atoms with van der Waals surface area (Å²) in [5, 5.41) is 3.24. The second-order valence-corrected chi connectivity index (χ2v) is 6.75. The maximum atomic E-state index is 13.0. The molecule has 1 amide bonds. The van der Waals surface area contributed by atoms with Gasteiger partial charge < -0.3 is 15.0 Å². The Bertz CT molecular complexity index is 539. The lowest BCUT2D eigenvalue weighted by molar-refractivity contribution is -0.124. The van der Waals surface area contributed by atoms with Crippen LogP contribution in [-0.4, -0.2) is 44.1 Å². The van der Waals surface area contributed by atoms with E-state index in [1.54, 1.807) is 0 Å². The van der Waals surface area contributed by atoms with Crippen LogP contribution in [0, 0.1) is 11.7 Å². The Balaban J connectivity index is 1.85. The number of carbonyl (C=O) groups excluding carboxylic acids is 1. The Morgan fingerprint density at radius 2 is 2.13 bits per heavy atom. The molecule has 6 heteroatoms. The van der Waals surface area contributed by atoms with Gasteiger partial charge in [-0.25, -0.2) is 4.39 Å². The number of hydrogen-bond donors (Lipinski definition) is 1. The lowest BCUT2D eigenvalue weighted by atomic mass is 9.84. The molecule has 2 unspecified atom stereocenters. The summed E-state index contributed by atoms with van der Waals surface area (Å²) in [6.45, 7) is 0.853. The SMILES string of the molecule is CN(C)CC1CCCCC1NC(=O)COc1ccc(F)cc1Cl. The summed E-state index contributed by atoms with van der Waals surface area (Å²) in [5.74, 6) is 0.190. The van der Waals surface area contributed by atoms with Crippen LogP contribution in [0.2, 0.25) is 5.02 Å². The van der Waals surface area contributed by atoms with Crippen molar-refractivity contribution in [2.75, 3.05) is 27.2 Å². The van der Waals surface area contributed by atoms with E-state index in [-0.39, 0.29) is 23.6 Å². The van der Waals surface area contributed by atoms with Crippen LogP contribution in [0.1, 0.15) is 25.7 Å². The molecule has 2 rings (SSSR count). The van der Waals surface area contributed by atoms with Gasteiger partial charge >= 0.3 is 0 Å². The number of ether oxygens (including phenoxy) is 1. The van der Waals surface area contributed by atoms with Crippen LogP contribution in [0.15, 0.2) is 18.2 Å². The molecule has 0 spiro atoms. The van der Waals surface area contributed by atoms with Gasteiger partial charge in [-0.3, -0.25) is 4.79 Å². The molecule has 2 atom stereocenters. The van der Waals surface area contributed by atoms with Crippen molar-refractivity contribution >= 4 is 17.5 Å². The van der Waals surface area contributed by atoms with E-state index >= 15 is 0 Å². The van der Waals surface area contributed by atoms with Gasteiger partial charge in [-0.1, -0.05) is 24.4 Å². The zero-order chi connectivity index (χ0) is 16.8. The fourth-order valence-electron chi connectivity index (χ4n) is 3.07. The van der Waals surface area contributed by atoms with Crippen molar-refractivity contribution in [2.45, 2.75) is 31.7 Å². The van der Waals surface area contributed by atoms with Crippen molar-refractivity contribution < 1.29 is 13.9 Å². The molecule has 1 aliphatic carbocycles. The molecule has 0 aromatic heterocycles. The topological polar surface area (TPSA) is 41.6 Å². The maximum absolute atomic E-state index is 13.0. The first kappa shape index (κ1) is 18.0. The first-order chi connectivity index (χ1) is 11.0. The van der Waals surface area contributed by atoms with E-state index in [1.807, 2.05) is 14.1 Å². The minimum Gasteiger partial charge on any atom is -0.482 e. The molecule has 1 aromatic rings. The molecule has 1 fully saturated rings. The minimum atomic E-state index is -0.430. The maximum Gasteiger partial charge on any atom is 0.258 e. The number of nitrogens with zero attached hydrogens (tertiary/aromatic N) is 1. The van der Waals surface area contributed by atoms with Gasteiger partial charge in [0.2, 0.25) is 0 Å². The van der Waals surface area contributed by atoms with E-state index < -0.39 is 5.82 Å². The number of halogens is 2. The highest BCUT2D eigenvalue weighted by Crippen LogP contribution is 2.26. The van der Waals surface area contributed by atoms with Gasteiger partial charge in [0.1, 0.15) is 11.6 Å². The number of rotatable bonds is 6. The van der Waals surface area contributed by atoms with Gasteiger partial charge in [0.05, 0.1) is 5.02 Å². The van der Waals surface area contributed by atoms with Crippen LogP contribution >= 0.6 is 11.6 Å². The quantitative estimate of drug-likeness (QED) is 0.863. The van der Waals surface area contributed by atoms with Crippen LogP contribution in [0.4, 0.5) is 4.39 Å². The Labute approximate surface area is 141 Å². The molecule has 0 bridgehead atoms. The van der Waals surface area contributed by atoms with E-state index in [9.17, 15) is 9.18 Å². The van der Waals surface area contributed by atoms with E-state index in [0.29, 0.717) is 11.7 Å². The fourth-order valence-corrected chi connectivity index (χ4v) is 3.29. The van der Waals surface area contributed by atoms with Crippen molar-refractivity contribution in [3.8, 4) is 5.75 Å². The van der Waals surface area contributed by atoms with Crippen molar-refractivity contribution in [1.82, 2.24) is 10.2 Å². The van der Waals surface area contributed by atoms with E-state index in [1.165, 1.54) is 24.6 Å². The predicted molar refractivity (Wildman–Crippen MR) is 89.3 cm³/mol. The molecule has 1 aliphatic rings. The van der Waals surface area contributed by atoms with Gasteiger partial charge in [-0.05, 0) is 51.1 Å². The second kappa shape index (κ2) is 8.50. The van der Waals surface area contributed by atoms with Crippen molar-refractivity contribution in [3.05, 3.63) is 29.0 Å². The molecule has 4 nitrogen and oxygen atoms in total. The van der Waals surface area contributed by atoms with E-state index in [0.717, 1.165) is 25.8 Å². The van der Waals surface area contributed by atoms with Crippen LogP contribution in [0.25, 0.3) is 0 Å². The summed E-state index contributed by atoms with van der Waals surface area (Å²) in [5.41, 5.74) is 0. The summed E-state index contributed by atoms with van der Waals surface area (Å²) in [6, 6.07) is 4.04. The molecule has 23 heavy (non-hydrogen) atoms. The highest BCUT2D eigenvalue weighted by atomic mass is 35.5. The lowest BCUT2D eigenvalue weighted by Crippen LogP contribution is -2.46. The van der Waals surface area contributed by atoms with E-state index in [2.05, 4.69) is 10.2 Å². The van der Waals surface area contributed by atoms with Crippen molar-refractivity contribution in [2.24, 2.45) is 5.92 Å². The standard InChI is InChI=1S/C17H24ClFN2O2/c1-21(2)10-12-5-3-4-6-15(12)20-17(22)11-23-16-8-7-13(19)9-14(16)18/h7-9,12,15H,3-6,10-11H2,1-2H3,(H,20,22). The molecular weight excluding hydrogens is 319 g/mol. The zero-order valence-electron chi connectivity index (χ0n) is 13.6. The summed E-state index contributed by atoms with van der Waals surface area (Å²) >= 11 is 5.88. The Morgan fingerprint density at radius 3 is 2.83 bits per heavy atom. The van der Waals surface area contributed by atoms with Gasteiger partial charge in [0.25, 0.3) is 5.91 Å². The molecule has 1 saturated carbocycles. The average Bonchev–Trinajstić information content (AvgIpc) is 2.48. The molecule has 1 aromatic carbocycles. The number of carbonyl (C=O) groups is 1.